The number of nitrogens with zero attached hydrogens (tertiary/aromatic N) is 1. The SMILES string of the molecule is C=CCNC(=O)NC(=O)C(C)N1CCOC(C(C)(C)C)C1. The fourth-order valence-corrected chi connectivity index (χ4v) is 2.14. The molecule has 0 radical (unpaired) electrons. The Morgan fingerprint density at radius 1 is 1.48 bits per heavy atom. The van der Waals surface area contributed by atoms with Crippen molar-refractivity contribution in [2.75, 3.05) is 26.2 Å². The van der Waals surface area contributed by atoms with Crippen molar-refractivity contribution in [1.29, 1.82) is 0 Å². The van der Waals surface area contributed by atoms with Crippen molar-refractivity contribution in [3.05, 3.63) is 12.7 Å². The van der Waals surface area contributed by atoms with Gasteiger partial charge in [-0.05, 0) is 12.3 Å². The molecule has 6 heteroatoms. The number of rotatable bonds is 4. The molecule has 0 aromatic heterocycles. The van der Waals surface area contributed by atoms with Crippen molar-refractivity contribution >= 4 is 11.9 Å². The van der Waals surface area contributed by atoms with Gasteiger partial charge < -0.3 is 10.1 Å². The number of carbonyl (C=O) groups excluding carboxylic acids is 2. The van der Waals surface area contributed by atoms with Crippen LogP contribution in [0.2, 0.25) is 0 Å². The van der Waals surface area contributed by atoms with Gasteiger partial charge in [-0.25, -0.2) is 4.79 Å². The third-order valence-corrected chi connectivity index (χ3v) is 3.63. The summed E-state index contributed by atoms with van der Waals surface area (Å²) in [7, 11) is 0. The summed E-state index contributed by atoms with van der Waals surface area (Å²) in [5.41, 5.74) is 0.0240. The zero-order chi connectivity index (χ0) is 16.0. The van der Waals surface area contributed by atoms with Crippen LogP contribution in [0.15, 0.2) is 12.7 Å². The van der Waals surface area contributed by atoms with Gasteiger partial charge in [0.1, 0.15) is 0 Å². The number of nitrogens with one attached hydrogen (secondary N) is 2. The quantitative estimate of drug-likeness (QED) is 0.763. The Labute approximate surface area is 126 Å². The molecule has 3 amide bonds. The van der Waals surface area contributed by atoms with Gasteiger partial charge >= 0.3 is 6.03 Å². The molecule has 0 aliphatic carbocycles. The van der Waals surface area contributed by atoms with E-state index in [1.165, 1.54) is 0 Å². The van der Waals surface area contributed by atoms with Gasteiger partial charge in [-0.2, -0.15) is 0 Å². The van der Waals surface area contributed by atoms with E-state index in [9.17, 15) is 9.59 Å². The maximum absolute atomic E-state index is 12.1. The van der Waals surface area contributed by atoms with E-state index in [-0.39, 0.29) is 23.5 Å². The summed E-state index contributed by atoms with van der Waals surface area (Å²) in [6.45, 7) is 14.0. The molecule has 0 aromatic carbocycles. The van der Waals surface area contributed by atoms with Gasteiger partial charge in [0.15, 0.2) is 0 Å². The van der Waals surface area contributed by atoms with Crippen LogP contribution in [0.5, 0.6) is 0 Å². The summed E-state index contributed by atoms with van der Waals surface area (Å²) in [5, 5.41) is 4.87. The first-order valence-electron chi connectivity index (χ1n) is 7.31. The first-order valence-corrected chi connectivity index (χ1v) is 7.31. The normalized spacial score (nSPS) is 21.4. The molecule has 1 fully saturated rings. The maximum Gasteiger partial charge on any atom is 0.321 e. The monoisotopic (exact) mass is 297 g/mol. The molecular weight excluding hydrogens is 270 g/mol. The van der Waals surface area contributed by atoms with Gasteiger partial charge in [0, 0.05) is 19.6 Å². The molecule has 2 N–H and O–H groups in total. The molecule has 1 saturated heterocycles. The highest BCUT2D eigenvalue weighted by atomic mass is 16.5. The predicted molar refractivity (Wildman–Crippen MR) is 82.0 cm³/mol. The molecule has 0 aromatic rings. The summed E-state index contributed by atoms with van der Waals surface area (Å²) in [5.74, 6) is -0.300. The topological polar surface area (TPSA) is 70.7 Å². The molecule has 0 bridgehead atoms. The van der Waals surface area contributed by atoms with E-state index in [1.54, 1.807) is 13.0 Å². The number of hydrogen-bond acceptors (Lipinski definition) is 4. The lowest BCUT2D eigenvalue weighted by atomic mass is 9.88. The van der Waals surface area contributed by atoms with E-state index in [1.807, 2.05) is 0 Å². The van der Waals surface area contributed by atoms with E-state index in [2.05, 4.69) is 42.9 Å². The van der Waals surface area contributed by atoms with Crippen LogP contribution in [0.1, 0.15) is 27.7 Å². The molecular formula is C15H27N3O3. The summed E-state index contributed by atoms with van der Waals surface area (Å²) in [6, 6.07) is -0.861. The fourth-order valence-electron chi connectivity index (χ4n) is 2.14. The minimum Gasteiger partial charge on any atom is -0.375 e. The van der Waals surface area contributed by atoms with E-state index in [0.717, 1.165) is 0 Å². The predicted octanol–water partition coefficient (Wildman–Crippen LogP) is 1.13. The highest BCUT2D eigenvalue weighted by molar-refractivity contribution is 5.96. The lowest BCUT2D eigenvalue weighted by molar-refractivity contribution is -0.131. The molecule has 1 aliphatic heterocycles. The highest BCUT2D eigenvalue weighted by Crippen LogP contribution is 2.26. The second-order valence-electron chi connectivity index (χ2n) is 6.38. The fraction of sp³-hybridized carbons (Fsp3) is 0.733. The van der Waals surface area contributed by atoms with Crippen LogP contribution in [0.3, 0.4) is 0 Å². The van der Waals surface area contributed by atoms with Crippen LogP contribution in [-0.4, -0.2) is 55.2 Å². The number of carbonyl (C=O) groups is 2. The molecule has 2 unspecified atom stereocenters. The number of morpholine rings is 1. The smallest absolute Gasteiger partial charge is 0.321 e. The number of hydrogen-bond donors (Lipinski definition) is 2. The molecule has 1 rings (SSSR count). The molecule has 0 spiro atoms. The van der Waals surface area contributed by atoms with Gasteiger partial charge in [0.2, 0.25) is 5.91 Å². The van der Waals surface area contributed by atoms with Crippen molar-refractivity contribution < 1.29 is 14.3 Å². The first-order chi connectivity index (χ1) is 9.75. The Morgan fingerprint density at radius 3 is 2.71 bits per heavy atom. The minimum absolute atomic E-state index is 0.0240. The zero-order valence-corrected chi connectivity index (χ0v) is 13.4. The number of amides is 3. The molecule has 1 aliphatic rings. The third kappa shape index (κ3) is 5.47. The summed E-state index contributed by atoms with van der Waals surface area (Å²) < 4.78 is 5.77. The van der Waals surface area contributed by atoms with Crippen LogP contribution in [0.25, 0.3) is 0 Å². The van der Waals surface area contributed by atoms with Gasteiger partial charge in [0.05, 0.1) is 18.8 Å². The summed E-state index contributed by atoms with van der Waals surface area (Å²) in [6.07, 6.45) is 1.64. The van der Waals surface area contributed by atoms with Crippen molar-refractivity contribution in [2.24, 2.45) is 5.41 Å². The lowest BCUT2D eigenvalue weighted by Gasteiger charge is -2.41. The lowest BCUT2D eigenvalue weighted by Crippen LogP contribution is -2.56. The summed E-state index contributed by atoms with van der Waals surface area (Å²) >= 11 is 0. The number of ether oxygens (including phenoxy) is 1. The highest BCUT2D eigenvalue weighted by Gasteiger charge is 2.34. The van der Waals surface area contributed by atoms with E-state index in [4.69, 9.17) is 4.74 Å². The van der Waals surface area contributed by atoms with E-state index in [0.29, 0.717) is 26.2 Å². The van der Waals surface area contributed by atoms with Gasteiger partial charge in [0.25, 0.3) is 0 Å². The number of imide groups is 1. The third-order valence-electron chi connectivity index (χ3n) is 3.63. The first kappa shape index (κ1) is 17.7. The maximum atomic E-state index is 12.1. The Hall–Kier alpha value is -1.40. The zero-order valence-electron chi connectivity index (χ0n) is 13.4. The van der Waals surface area contributed by atoms with Crippen LogP contribution >= 0.6 is 0 Å². The van der Waals surface area contributed by atoms with Crippen LogP contribution in [0, 0.1) is 5.41 Å². The van der Waals surface area contributed by atoms with E-state index >= 15 is 0 Å². The van der Waals surface area contributed by atoms with Crippen molar-refractivity contribution in [3.63, 3.8) is 0 Å². The largest absolute Gasteiger partial charge is 0.375 e. The molecule has 120 valence electrons. The Bertz CT molecular complexity index is 390. The molecule has 2 atom stereocenters. The second kappa shape index (κ2) is 7.56. The Kier molecular flexibility index (Phi) is 6.36. The van der Waals surface area contributed by atoms with E-state index < -0.39 is 6.03 Å². The molecule has 1 heterocycles. The number of urea groups is 1. The van der Waals surface area contributed by atoms with Gasteiger partial charge in [-0.15, -0.1) is 6.58 Å². The van der Waals surface area contributed by atoms with Crippen LogP contribution < -0.4 is 10.6 Å². The average molecular weight is 297 g/mol. The standard InChI is InChI=1S/C15H27N3O3/c1-6-7-16-14(20)17-13(19)11(2)18-8-9-21-12(10-18)15(3,4)5/h6,11-12H,1,7-10H2,2-5H3,(H2,16,17,19,20). The van der Waals surface area contributed by atoms with Gasteiger partial charge in [-0.1, -0.05) is 26.8 Å². The molecule has 21 heavy (non-hydrogen) atoms. The van der Waals surface area contributed by atoms with Crippen molar-refractivity contribution in [3.8, 4) is 0 Å². The average Bonchev–Trinajstić information content (AvgIpc) is 2.43. The molecule has 6 nitrogen and oxygen atoms in total. The van der Waals surface area contributed by atoms with Crippen molar-refractivity contribution in [1.82, 2.24) is 15.5 Å². The second-order valence-corrected chi connectivity index (χ2v) is 6.38. The van der Waals surface area contributed by atoms with Crippen LogP contribution in [0.4, 0.5) is 4.79 Å². The Balaban J connectivity index is 2.53. The van der Waals surface area contributed by atoms with Gasteiger partial charge in [-0.3, -0.25) is 15.0 Å². The minimum atomic E-state index is -0.493. The van der Waals surface area contributed by atoms with Crippen molar-refractivity contribution in [2.45, 2.75) is 39.8 Å². The Morgan fingerprint density at radius 2 is 2.14 bits per heavy atom. The molecule has 0 saturated carbocycles. The van der Waals surface area contributed by atoms with Crippen LogP contribution in [-0.2, 0) is 9.53 Å². The summed E-state index contributed by atoms with van der Waals surface area (Å²) in [4.78, 5) is 25.6.